The molecule has 2 heterocycles. The van der Waals surface area contributed by atoms with E-state index < -0.39 is 5.54 Å². The first-order valence-electron chi connectivity index (χ1n) is 9.69. The van der Waals surface area contributed by atoms with E-state index in [1.807, 2.05) is 9.80 Å². The molecule has 2 fully saturated rings. The highest BCUT2D eigenvalue weighted by atomic mass is 16.2. The van der Waals surface area contributed by atoms with Crippen LogP contribution in [0.4, 0.5) is 0 Å². The van der Waals surface area contributed by atoms with Crippen LogP contribution >= 0.6 is 0 Å². The summed E-state index contributed by atoms with van der Waals surface area (Å²) in [4.78, 5) is 34.6. The summed E-state index contributed by atoms with van der Waals surface area (Å²) in [7, 11) is 0. The summed E-state index contributed by atoms with van der Waals surface area (Å²) >= 11 is 0. The summed E-state index contributed by atoms with van der Waals surface area (Å²) in [6.45, 7) is 7.54. The van der Waals surface area contributed by atoms with E-state index in [2.05, 4.69) is 20.8 Å². The van der Waals surface area contributed by atoms with Crippen LogP contribution in [0.2, 0.25) is 0 Å². The maximum absolute atomic E-state index is 13.2. The van der Waals surface area contributed by atoms with Gasteiger partial charge in [0.25, 0.3) is 5.91 Å². The topological polar surface area (TPSA) is 53.0 Å². The molecule has 1 saturated carbocycles. The van der Waals surface area contributed by atoms with Gasteiger partial charge in [-0.2, -0.15) is 0 Å². The van der Waals surface area contributed by atoms with Gasteiger partial charge < -0.3 is 4.90 Å². The maximum Gasteiger partial charge on any atom is 0.257 e. The molecule has 1 spiro atoms. The van der Waals surface area contributed by atoms with Crippen molar-refractivity contribution in [2.24, 2.45) is 10.9 Å². The summed E-state index contributed by atoms with van der Waals surface area (Å²) in [6, 6.07) is 0.130. The molecule has 5 heteroatoms. The van der Waals surface area contributed by atoms with E-state index in [0.29, 0.717) is 6.54 Å². The number of amides is 2. The van der Waals surface area contributed by atoms with Crippen LogP contribution in [0.3, 0.4) is 0 Å². The average molecular weight is 333 g/mol. The lowest BCUT2D eigenvalue weighted by atomic mass is 9.82. The van der Waals surface area contributed by atoms with Crippen molar-refractivity contribution in [3.63, 3.8) is 0 Å². The third-order valence-corrected chi connectivity index (χ3v) is 5.75. The molecule has 1 atom stereocenters. The zero-order valence-corrected chi connectivity index (χ0v) is 15.4. The molecule has 24 heavy (non-hydrogen) atoms. The SMILES string of the molecule is CCCCC1=NC2(CCCN(C(=O)C3CCC3)C2)C(=O)N1C(C)C. The number of carbonyl (C=O) groups excluding carboxylic acids is 2. The molecular weight excluding hydrogens is 302 g/mol. The second-order valence-electron chi connectivity index (χ2n) is 7.92. The first-order valence-corrected chi connectivity index (χ1v) is 9.69. The molecule has 1 aliphatic carbocycles. The van der Waals surface area contributed by atoms with Crippen LogP contribution in [-0.4, -0.2) is 52.1 Å². The first-order chi connectivity index (χ1) is 11.5. The second kappa shape index (κ2) is 6.85. The van der Waals surface area contributed by atoms with Crippen molar-refractivity contribution in [2.45, 2.75) is 83.7 Å². The number of unbranched alkanes of at least 4 members (excludes halogenated alkanes) is 1. The molecule has 1 unspecified atom stereocenters. The minimum Gasteiger partial charge on any atom is -0.339 e. The van der Waals surface area contributed by atoms with Crippen LogP contribution in [0, 0.1) is 5.92 Å². The normalized spacial score (nSPS) is 27.8. The number of likely N-dealkylation sites (tertiary alicyclic amines) is 1. The van der Waals surface area contributed by atoms with Crippen LogP contribution in [0.15, 0.2) is 4.99 Å². The van der Waals surface area contributed by atoms with Crippen molar-refractivity contribution in [3.05, 3.63) is 0 Å². The average Bonchev–Trinajstić information content (AvgIpc) is 2.75. The molecule has 3 aliphatic rings. The molecular formula is C19H31N3O2. The number of amidine groups is 1. The Labute approximate surface area is 145 Å². The van der Waals surface area contributed by atoms with E-state index in [-0.39, 0.29) is 23.8 Å². The van der Waals surface area contributed by atoms with Gasteiger partial charge in [-0.3, -0.25) is 19.5 Å². The van der Waals surface area contributed by atoms with E-state index in [4.69, 9.17) is 4.99 Å². The van der Waals surface area contributed by atoms with Crippen LogP contribution < -0.4 is 0 Å². The van der Waals surface area contributed by atoms with Crippen LogP contribution in [0.5, 0.6) is 0 Å². The fourth-order valence-electron chi connectivity index (χ4n) is 4.14. The highest BCUT2D eigenvalue weighted by molar-refractivity contribution is 6.09. The summed E-state index contributed by atoms with van der Waals surface area (Å²) < 4.78 is 0. The van der Waals surface area contributed by atoms with E-state index in [0.717, 1.165) is 63.7 Å². The summed E-state index contributed by atoms with van der Waals surface area (Å²) in [5, 5.41) is 0. The number of aliphatic imine (C=N–C) groups is 1. The molecule has 0 N–H and O–H groups in total. The third kappa shape index (κ3) is 2.98. The maximum atomic E-state index is 13.2. The zero-order valence-electron chi connectivity index (χ0n) is 15.4. The van der Waals surface area contributed by atoms with Crippen LogP contribution in [0.25, 0.3) is 0 Å². The van der Waals surface area contributed by atoms with Crippen molar-refractivity contribution in [1.29, 1.82) is 0 Å². The lowest BCUT2D eigenvalue weighted by Crippen LogP contribution is -2.56. The third-order valence-electron chi connectivity index (χ3n) is 5.75. The first kappa shape index (κ1) is 17.4. The molecule has 0 bridgehead atoms. The Balaban J connectivity index is 1.80. The van der Waals surface area contributed by atoms with E-state index in [1.54, 1.807) is 0 Å². The molecule has 0 radical (unpaired) electrons. The number of hydrogen-bond donors (Lipinski definition) is 0. The highest BCUT2D eigenvalue weighted by Gasteiger charge is 2.51. The van der Waals surface area contributed by atoms with Crippen LogP contribution in [0.1, 0.15) is 72.1 Å². The monoisotopic (exact) mass is 333 g/mol. The Morgan fingerprint density at radius 2 is 2.08 bits per heavy atom. The lowest BCUT2D eigenvalue weighted by molar-refractivity contribution is -0.143. The fourth-order valence-corrected chi connectivity index (χ4v) is 4.14. The summed E-state index contributed by atoms with van der Waals surface area (Å²) in [6.07, 6.45) is 7.85. The van der Waals surface area contributed by atoms with Crippen molar-refractivity contribution in [3.8, 4) is 0 Å². The Hall–Kier alpha value is -1.39. The van der Waals surface area contributed by atoms with Gasteiger partial charge >= 0.3 is 0 Å². The van der Waals surface area contributed by atoms with Crippen molar-refractivity contribution >= 4 is 17.6 Å². The van der Waals surface area contributed by atoms with Gasteiger partial charge in [-0.25, -0.2) is 0 Å². The Kier molecular flexibility index (Phi) is 4.97. The Bertz CT molecular complexity index is 539. The lowest BCUT2D eigenvalue weighted by Gasteiger charge is -2.40. The predicted molar refractivity (Wildman–Crippen MR) is 94.8 cm³/mol. The fraction of sp³-hybridized carbons (Fsp3) is 0.842. The molecule has 0 aromatic heterocycles. The number of carbonyl (C=O) groups is 2. The smallest absolute Gasteiger partial charge is 0.257 e. The molecule has 1 saturated heterocycles. The highest BCUT2D eigenvalue weighted by Crippen LogP contribution is 2.36. The number of hydrogen-bond acceptors (Lipinski definition) is 3. The van der Waals surface area contributed by atoms with Crippen LogP contribution in [-0.2, 0) is 9.59 Å². The summed E-state index contributed by atoms with van der Waals surface area (Å²) in [5.74, 6) is 1.51. The molecule has 3 rings (SSSR count). The van der Waals surface area contributed by atoms with Crippen molar-refractivity contribution in [2.75, 3.05) is 13.1 Å². The van der Waals surface area contributed by atoms with Gasteiger partial charge in [0.05, 0.1) is 6.54 Å². The minimum atomic E-state index is -0.703. The standard InChI is InChI=1S/C19H31N3O2/c1-4-5-10-16-20-19(18(24)22(16)14(2)3)11-7-12-21(13-19)17(23)15-8-6-9-15/h14-15H,4-13H2,1-3H3. The van der Waals surface area contributed by atoms with Gasteiger partial charge in [0.15, 0.2) is 5.54 Å². The van der Waals surface area contributed by atoms with E-state index >= 15 is 0 Å². The van der Waals surface area contributed by atoms with E-state index in [9.17, 15) is 9.59 Å². The molecule has 0 aromatic carbocycles. The summed E-state index contributed by atoms with van der Waals surface area (Å²) in [5.41, 5.74) is -0.703. The number of nitrogens with zero attached hydrogens (tertiary/aromatic N) is 3. The Morgan fingerprint density at radius 1 is 1.33 bits per heavy atom. The molecule has 134 valence electrons. The quantitative estimate of drug-likeness (QED) is 0.776. The Morgan fingerprint density at radius 3 is 2.67 bits per heavy atom. The molecule has 5 nitrogen and oxygen atoms in total. The van der Waals surface area contributed by atoms with Gasteiger partial charge in [-0.05, 0) is 46.0 Å². The van der Waals surface area contributed by atoms with Gasteiger partial charge in [0, 0.05) is 24.9 Å². The van der Waals surface area contributed by atoms with Crippen molar-refractivity contribution < 1.29 is 9.59 Å². The zero-order chi connectivity index (χ0) is 17.3. The second-order valence-corrected chi connectivity index (χ2v) is 7.92. The van der Waals surface area contributed by atoms with Gasteiger partial charge in [0.1, 0.15) is 5.84 Å². The molecule has 0 aromatic rings. The predicted octanol–water partition coefficient (Wildman–Crippen LogP) is 2.99. The van der Waals surface area contributed by atoms with Gasteiger partial charge in [-0.15, -0.1) is 0 Å². The largest absolute Gasteiger partial charge is 0.339 e. The van der Waals surface area contributed by atoms with Gasteiger partial charge in [0.2, 0.25) is 5.91 Å². The van der Waals surface area contributed by atoms with Crippen molar-refractivity contribution in [1.82, 2.24) is 9.80 Å². The molecule has 2 aliphatic heterocycles. The number of piperidine rings is 1. The van der Waals surface area contributed by atoms with E-state index in [1.165, 1.54) is 0 Å². The number of rotatable bonds is 5. The molecule has 2 amide bonds. The van der Waals surface area contributed by atoms with Gasteiger partial charge in [-0.1, -0.05) is 19.8 Å². The minimum absolute atomic E-state index is 0.120.